The van der Waals surface area contributed by atoms with Crippen molar-refractivity contribution in [1.29, 1.82) is 0 Å². The molecular weight excluding hydrogens is 303 g/mol. The number of halogens is 2. The lowest BCUT2D eigenvalue weighted by Crippen LogP contribution is -2.44. The van der Waals surface area contributed by atoms with Crippen LogP contribution in [0.25, 0.3) is 0 Å². The molecule has 0 spiro atoms. The van der Waals surface area contributed by atoms with E-state index in [2.05, 4.69) is 5.32 Å². The minimum absolute atomic E-state index is 0. The lowest BCUT2D eigenvalue weighted by molar-refractivity contribution is 0.295. The third kappa shape index (κ3) is 3.31. The molecule has 0 bridgehead atoms. The maximum absolute atomic E-state index is 13.9. The van der Waals surface area contributed by atoms with Crippen LogP contribution in [0.1, 0.15) is 18.4 Å². The van der Waals surface area contributed by atoms with Crippen molar-refractivity contribution in [2.45, 2.75) is 30.7 Å². The summed E-state index contributed by atoms with van der Waals surface area (Å²) in [5.41, 5.74) is 0.445. The molecule has 7 heteroatoms. The Kier molecular flexibility index (Phi) is 5.94. The summed E-state index contributed by atoms with van der Waals surface area (Å²) >= 11 is 0. The molecule has 1 heterocycles. The summed E-state index contributed by atoms with van der Waals surface area (Å²) in [6, 6.07) is 4.27. The zero-order chi connectivity index (χ0) is 14.0. The number of piperidine rings is 1. The fourth-order valence-corrected chi connectivity index (χ4v) is 4.13. The summed E-state index contributed by atoms with van der Waals surface area (Å²) in [5, 5.41) is 3.19. The molecular formula is C13H20ClFN2O2S. The van der Waals surface area contributed by atoms with Crippen LogP contribution < -0.4 is 5.32 Å². The monoisotopic (exact) mass is 322 g/mol. The topological polar surface area (TPSA) is 49.4 Å². The molecule has 1 aromatic carbocycles. The van der Waals surface area contributed by atoms with E-state index in [0.29, 0.717) is 5.56 Å². The third-order valence-electron chi connectivity index (χ3n) is 3.62. The average molecular weight is 323 g/mol. The van der Waals surface area contributed by atoms with Gasteiger partial charge < -0.3 is 5.32 Å². The van der Waals surface area contributed by atoms with Crippen LogP contribution in [0.2, 0.25) is 0 Å². The maximum Gasteiger partial charge on any atom is 0.246 e. The summed E-state index contributed by atoms with van der Waals surface area (Å²) in [6.07, 6.45) is 1.51. The summed E-state index contributed by atoms with van der Waals surface area (Å²) < 4.78 is 40.3. The van der Waals surface area contributed by atoms with E-state index in [9.17, 15) is 12.8 Å². The van der Waals surface area contributed by atoms with Gasteiger partial charge in [-0.1, -0.05) is 12.1 Å². The Morgan fingerprint density at radius 1 is 1.30 bits per heavy atom. The van der Waals surface area contributed by atoms with Gasteiger partial charge in [0.05, 0.1) is 0 Å². The van der Waals surface area contributed by atoms with Crippen LogP contribution in [0, 0.1) is 12.7 Å². The smallest absolute Gasteiger partial charge is 0.246 e. The summed E-state index contributed by atoms with van der Waals surface area (Å²) in [5.74, 6) is -0.680. The zero-order valence-electron chi connectivity index (χ0n) is 11.6. The van der Waals surface area contributed by atoms with E-state index in [0.717, 1.165) is 25.9 Å². The molecule has 0 aromatic heterocycles. The van der Waals surface area contributed by atoms with Crippen molar-refractivity contribution in [3.05, 3.63) is 29.6 Å². The van der Waals surface area contributed by atoms with Crippen molar-refractivity contribution >= 4 is 22.4 Å². The van der Waals surface area contributed by atoms with Gasteiger partial charge in [-0.25, -0.2) is 12.8 Å². The first kappa shape index (κ1) is 17.4. The Balaban J connectivity index is 0.00000200. The molecule has 0 radical (unpaired) electrons. The van der Waals surface area contributed by atoms with Gasteiger partial charge in [0, 0.05) is 13.1 Å². The lowest BCUT2D eigenvalue weighted by Gasteiger charge is -2.31. The third-order valence-corrected chi connectivity index (χ3v) is 5.71. The van der Waals surface area contributed by atoms with Gasteiger partial charge in [-0.15, -0.1) is 12.4 Å². The van der Waals surface area contributed by atoms with E-state index in [1.165, 1.54) is 23.5 Å². The second kappa shape index (κ2) is 6.85. The van der Waals surface area contributed by atoms with E-state index in [1.54, 1.807) is 13.0 Å². The fourth-order valence-electron chi connectivity index (χ4n) is 2.45. The van der Waals surface area contributed by atoms with Crippen LogP contribution in [0.3, 0.4) is 0 Å². The largest absolute Gasteiger partial charge is 0.317 e. The standard InChI is InChI=1S/C13H19FN2O2S.ClH/c1-10-4-3-5-12(14)13(10)19(17,18)16(2)11-6-8-15-9-7-11;/h3-5,11,15H,6-9H2,1-2H3;1H. The first-order valence-corrected chi connectivity index (χ1v) is 7.82. The molecule has 4 nitrogen and oxygen atoms in total. The fraction of sp³-hybridized carbons (Fsp3) is 0.538. The lowest BCUT2D eigenvalue weighted by atomic mass is 10.1. The highest BCUT2D eigenvalue weighted by Gasteiger charge is 2.31. The second-order valence-corrected chi connectivity index (χ2v) is 6.82. The molecule has 0 unspecified atom stereocenters. The van der Waals surface area contributed by atoms with Crippen molar-refractivity contribution in [2.24, 2.45) is 0 Å². The molecule has 0 atom stereocenters. The summed E-state index contributed by atoms with van der Waals surface area (Å²) in [6.45, 7) is 3.20. The molecule has 0 saturated carbocycles. The van der Waals surface area contributed by atoms with E-state index in [1.807, 2.05) is 0 Å². The van der Waals surface area contributed by atoms with Crippen LogP contribution in [0.15, 0.2) is 23.1 Å². The van der Waals surface area contributed by atoms with Crippen molar-refractivity contribution in [1.82, 2.24) is 9.62 Å². The highest BCUT2D eigenvalue weighted by atomic mass is 35.5. The van der Waals surface area contributed by atoms with Gasteiger partial charge in [-0.05, 0) is 44.5 Å². The number of nitrogens with zero attached hydrogens (tertiary/aromatic N) is 1. The van der Waals surface area contributed by atoms with E-state index < -0.39 is 15.8 Å². The molecule has 2 rings (SSSR count). The number of nitrogens with one attached hydrogen (secondary N) is 1. The van der Waals surface area contributed by atoms with Gasteiger partial charge in [0.25, 0.3) is 0 Å². The van der Waals surface area contributed by atoms with Crippen molar-refractivity contribution in [2.75, 3.05) is 20.1 Å². The average Bonchev–Trinajstić information content (AvgIpc) is 2.38. The minimum atomic E-state index is -3.77. The Labute approximate surface area is 125 Å². The number of hydrogen-bond acceptors (Lipinski definition) is 3. The molecule has 1 fully saturated rings. The molecule has 0 aliphatic carbocycles. The molecule has 114 valence electrons. The molecule has 1 N–H and O–H groups in total. The van der Waals surface area contributed by atoms with Gasteiger partial charge in [0.15, 0.2) is 0 Å². The van der Waals surface area contributed by atoms with Crippen molar-refractivity contribution in [3.8, 4) is 0 Å². The highest BCUT2D eigenvalue weighted by Crippen LogP contribution is 2.25. The first-order valence-electron chi connectivity index (χ1n) is 6.38. The van der Waals surface area contributed by atoms with Gasteiger partial charge in [-0.3, -0.25) is 0 Å². The van der Waals surface area contributed by atoms with Gasteiger partial charge >= 0.3 is 0 Å². The molecule has 20 heavy (non-hydrogen) atoms. The van der Waals surface area contributed by atoms with Gasteiger partial charge in [0.1, 0.15) is 10.7 Å². The second-order valence-electron chi connectivity index (χ2n) is 4.89. The molecule has 0 amide bonds. The first-order chi connectivity index (χ1) is 8.94. The van der Waals surface area contributed by atoms with Gasteiger partial charge in [0.2, 0.25) is 10.0 Å². The van der Waals surface area contributed by atoms with Crippen LogP contribution in [-0.2, 0) is 10.0 Å². The zero-order valence-corrected chi connectivity index (χ0v) is 13.2. The predicted molar refractivity (Wildman–Crippen MR) is 79.2 cm³/mol. The molecule has 1 aromatic rings. The highest BCUT2D eigenvalue weighted by molar-refractivity contribution is 7.89. The maximum atomic E-state index is 13.9. The molecule has 1 saturated heterocycles. The minimum Gasteiger partial charge on any atom is -0.317 e. The number of rotatable bonds is 3. The van der Waals surface area contributed by atoms with E-state index in [-0.39, 0.29) is 23.3 Å². The van der Waals surface area contributed by atoms with Gasteiger partial charge in [-0.2, -0.15) is 4.31 Å². The normalized spacial score (nSPS) is 17.0. The van der Waals surface area contributed by atoms with E-state index in [4.69, 9.17) is 0 Å². The molecule has 1 aliphatic rings. The summed E-state index contributed by atoms with van der Waals surface area (Å²) in [7, 11) is -2.23. The predicted octanol–water partition coefficient (Wildman–Crippen LogP) is 1.93. The SMILES string of the molecule is Cc1cccc(F)c1S(=O)(=O)N(C)C1CCNCC1.Cl. The summed E-state index contributed by atoms with van der Waals surface area (Å²) in [4.78, 5) is -0.198. The van der Waals surface area contributed by atoms with Crippen LogP contribution in [-0.4, -0.2) is 38.9 Å². The van der Waals surface area contributed by atoms with Crippen molar-refractivity contribution in [3.63, 3.8) is 0 Å². The van der Waals surface area contributed by atoms with E-state index >= 15 is 0 Å². The van der Waals surface area contributed by atoms with Crippen LogP contribution >= 0.6 is 12.4 Å². The Hall–Kier alpha value is -0.690. The molecule has 1 aliphatic heterocycles. The number of hydrogen-bond donors (Lipinski definition) is 1. The number of aryl methyl sites for hydroxylation is 1. The Bertz CT molecular complexity index is 539. The number of sulfonamides is 1. The van der Waals surface area contributed by atoms with Crippen molar-refractivity contribution < 1.29 is 12.8 Å². The Morgan fingerprint density at radius 2 is 1.90 bits per heavy atom. The quantitative estimate of drug-likeness (QED) is 0.925. The number of benzene rings is 1. The Morgan fingerprint density at radius 3 is 2.45 bits per heavy atom. The van der Waals surface area contributed by atoms with Crippen LogP contribution in [0.4, 0.5) is 4.39 Å². The van der Waals surface area contributed by atoms with Crippen LogP contribution in [0.5, 0.6) is 0 Å².